The highest BCUT2D eigenvalue weighted by molar-refractivity contribution is 5.25. The van der Waals surface area contributed by atoms with Crippen molar-refractivity contribution in [2.45, 2.75) is 43.9 Å². The quantitative estimate of drug-likeness (QED) is 0.824. The van der Waals surface area contributed by atoms with Gasteiger partial charge in [-0.25, -0.2) is 0 Å². The van der Waals surface area contributed by atoms with Crippen LogP contribution in [0.5, 0.6) is 0 Å². The van der Waals surface area contributed by atoms with Gasteiger partial charge in [0, 0.05) is 17.8 Å². The van der Waals surface area contributed by atoms with Crippen molar-refractivity contribution in [3.63, 3.8) is 0 Å². The number of ether oxygens (including phenoxy) is 1. The largest absolute Gasteiger partial charge is 0.357 e. The van der Waals surface area contributed by atoms with Gasteiger partial charge in [-0.3, -0.25) is 10.3 Å². The fourth-order valence-corrected chi connectivity index (χ4v) is 3.12. The highest BCUT2D eigenvalue weighted by atomic mass is 16.5. The smallest absolute Gasteiger partial charge is 0.120 e. The zero-order chi connectivity index (χ0) is 11.2. The number of hydrogen-bond donors (Lipinski definition) is 1. The van der Waals surface area contributed by atoms with Gasteiger partial charge in [0.05, 0.1) is 6.10 Å². The lowest BCUT2D eigenvalue weighted by Crippen LogP contribution is -2.40. The van der Waals surface area contributed by atoms with Gasteiger partial charge >= 0.3 is 0 Å². The molecule has 2 bridgehead atoms. The number of rotatable bonds is 2. The van der Waals surface area contributed by atoms with Crippen molar-refractivity contribution in [2.24, 2.45) is 0 Å². The van der Waals surface area contributed by atoms with E-state index in [1.807, 2.05) is 20.2 Å². The van der Waals surface area contributed by atoms with Crippen LogP contribution >= 0.6 is 0 Å². The van der Waals surface area contributed by atoms with Crippen LogP contribution in [-0.2, 0) is 4.74 Å². The van der Waals surface area contributed by atoms with E-state index in [-0.39, 0.29) is 5.72 Å². The van der Waals surface area contributed by atoms with E-state index in [0.29, 0.717) is 12.0 Å². The summed E-state index contributed by atoms with van der Waals surface area (Å²) in [5.74, 6) is 0.544. The van der Waals surface area contributed by atoms with Crippen molar-refractivity contribution >= 4 is 0 Å². The first-order valence-electron chi connectivity index (χ1n) is 6.02. The molecule has 0 amide bonds. The van der Waals surface area contributed by atoms with Crippen LogP contribution in [-0.4, -0.2) is 23.9 Å². The van der Waals surface area contributed by atoms with E-state index in [0.717, 1.165) is 18.5 Å². The zero-order valence-electron chi connectivity index (χ0n) is 9.86. The van der Waals surface area contributed by atoms with E-state index in [1.165, 1.54) is 12.0 Å². The SMILES string of the molecule is CNC12CCC(O1)C(c1ccnc(C)c1)C2. The third kappa shape index (κ3) is 1.46. The first-order valence-corrected chi connectivity index (χ1v) is 6.02. The fourth-order valence-electron chi connectivity index (χ4n) is 3.12. The summed E-state index contributed by atoms with van der Waals surface area (Å²) in [5, 5.41) is 3.35. The van der Waals surface area contributed by atoms with E-state index >= 15 is 0 Å². The van der Waals surface area contributed by atoms with Crippen LogP contribution in [0.2, 0.25) is 0 Å². The minimum absolute atomic E-state index is 0.0491. The number of aromatic nitrogens is 1. The number of pyridine rings is 1. The second-order valence-corrected chi connectivity index (χ2v) is 4.98. The highest BCUT2D eigenvalue weighted by Gasteiger charge is 2.51. The molecule has 3 heteroatoms. The monoisotopic (exact) mass is 218 g/mol. The van der Waals surface area contributed by atoms with Crippen molar-refractivity contribution in [1.29, 1.82) is 0 Å². The lowest BCUT2D eigenvalue weighted by atomic mass is 9.81. The van der Waals surface area contributed by atoms with Crippen molar-refractivity contribution in [1.82, 2.24) is 10.3 Å². The number of fused-ring (bicyclic) bond motifs is 2. The van der Waals surface area contributed by atoms with Gasteiger partial charge in [-0.15, -0.1) is 0 Å². The normalized spacial score (nSPS) is 36.9. The molecule has 3 nitrogen and oxygen atoms in total. The van der Waals surface area contributed by atoms with Crippen molar-refractivity contribution in [3.05, 3.63) is 29.6 Å². The van der Waals surface area contributed by atoms with Gasteiger partial charge in [-0.1, -0.05) is 0 Å². The molecular formula is C13H18N2O. The van der Waals surface area contributed by atoms with Crippen molar-refractivity contribution in [2.75, 3.05) is 7.05 Å². The molecule has 0 aromatic carbocycles. The van der Waals surface area contributed by atoms with Gasteiger partial charge in [0.2, 0.25) is 0 Å². The van der Waals surface area contributed by atoms with Gasteiger partial charge < -0.3 is 4.74 Å². The molecule has 86 valence electrons. The maximum atomic E-state index is 6.08. The molecular weight excluding hydrogens is 200 g/mol. The summed E-state index contributed by atoms with van der Waals surface area (Å²) in [6, 6.07) is 4.32. The number of aryl methyl sites for hydroxylation is 1. The maximum Gasteiger partial charge on any atom is 0.120 e. The molecule has 1 aromatic rings. The van der Waals surface area contributed by atoms with Gasteiger partial charge in [0.15, 0.2) is 0 Å². The predicted octanol–water partition coefficient (Wildman–Crippen LogP) is 1.97. The molecule has 16 heavy (non-hydrogen) atoms. The second kappa shape index (κ2) is 3.54. The molecule has 0 radical (unpaired) electrons. The van der Waals surface area contributed by atoms with Crippen LogP contribution in [0, 0.1) is 6.92 Å². The molecule has 0 spiro atoms. The van der Waals surface area contributed by atoms with E-state index in [9.17, 15) is 0 Å². The molecule has 2 saturated heterocycles. The lowest BCUT2D eigenvalue weighted by molar-refractivity contribution is -0.00811. The Morgan fingerprint density at radius 1 is 1.56 bits per heavy atom. The molecule has 3 heterocycles. The Bertz CT molecular complexity index is 407. The second-order valence-electron chi connectivity index (χ2n) is 4.98. The maximum absolute atomic E-state index is 6.08. The molecule has 0 aliphatic carbocycles. The molecule has 0 saturated carbocycles. The fraction of sp³-hybridized carbons (Fsp3) is 0.615. The van der Waals surface area contributed by atoms with Crippen LogP contribution in [0.3, 0.4) is 0 Å². The summed E-state index contributed by atoms with van der Waals surface area (Å²) in [7, 11) is 2.00. The minimum Gasteiger partial charge on any atom is -0.357 e. The topological polar surface area (TPSA) is 34.1 Å². The summed E-state index contributed by atoms with van der Waals surface area (Å²) in [6.45, 7) is 2.05. The van der Waals surface area contributed by atoms with Crippen LogP contribution in [0.1, 0.15) is 36.4 Å². The Hall–Kier alpha value is -0.930. The lowest BCUT2D eigenvalue weighted by Gasteiger charge is -2.26. The Morgan fingerprint density at radius 3 is 3.12 bits per heavy atom. The van der Waals surface area contributed by atoms with Gasteiger partial charge in [0.25, 0.3) is 0 Å². The van der Waals surface area contributed by atoms with Gasteiger partial charge in [-0.05, 0) is 50.9 Å². The molecule has 3 atom stereocenters. The van der Waals surface area contributed by atoms with Crippen molar-refractivity contribution in [3.8, 4) is 0 Å². The van der Waals surface area contributed by atoms with Crippen LogP contribution in [0.15, 0.2) is 18.3 Å². The standard InChI is InChI=1S/C13H18N2O/c1-9-7-10(4-6-15-9)11-8-13(14-2)5-3-12(11)16-13/h4,6-7,11-12,14H,3,5,8H2,1-2H3. The van der Waals surface area contributed by atoms with Gasteiger partial charge in [0.1, 0.15) is 5.72 Å². The van der Waals surface area contributed by atoms with E-state index in [2.05, 4.69) is 22.4 Å². The predicted molar refractivity (Wildman–Crippen MR) is 62.2 cm³/mol. The Morgan fingerprint density at radius 2 is 2.44 bits per heavy atom. The zero-order valence-corrected chi connectivity index (χ0v) is 9.86. The van der Waals surface area contributed by atoms with E-state index < -0.39 is 0 Å². The molecule has 2 fully saturated rings. The van der Waals surface area contributed by atoms with Crippen LogP contribution in [0.25, 0.3) is 0 Å². The number of hydrogen-bond acceptors (Lipinski definition) is 3. The summed E-state index contributed by atoms with van der Waals surface area (Å²) in [6.07, 6.45) is 5.72. The summed E-state index contributed by atoms with van der Waals surface area (Å²) >= 11 is 0. The Balaban J connectivity index is 1.88. The first-order chi connectivity index (χ1) is 7.72. The highest BCUT2D eigenvalue weighted by Crippen LogP contribution is 2.49. The number of nitrogens with one attached hydrogen (secondary N) is 1. The minimum atomic E-state index is -0.0491. The van der Waals surface area contributed by atoms with E-state index in [1.54, 1.807) is 0 Å². The summed E-state index contributed by atoms with van der Waals surface area (Å²) in [4.78, 5) is 4.25. The molecule has 3 rings (SSSR count). The third-order valence-electron chi connectivity index (χ3n) is 4.01. The summed E-state index contributed by atoms with van der Waals surface area (Å²) in [5.41, 5.74) is 2.43. The molecule has 1 N–H and O–H groups in total. The van der Waals surface area contributed by atoms with Crippen molar-refractivity contribution < 1.29 is 4.74 Å². The molecule has 1 aromatic heterocycles. The third-order valence-corrected chi connectivity index (χ3v) is 4.01. The van der Waals surface area contributed by atoms with Gasteiger partial charge in [-0.2, -0.15) is 0 Å². The first kappa shape index (κ1) is 10.2. The number of nitrogens with zero attached hydrogens (tertiary/aromatic N) is 1. The average molecular weight is 218 g/mol. The Labute approximate surface area is 96.2 Å². The molecule has 3 unspecified atom stereocenters. The van der Waals surface area contributed by atoms with Crippen LogP contribution < -0.4 is 5.32 Å². The van der Waals surface area contributed by atoms with Crippen LogP contribution in [0.4, 0.5) is 0 Å². The summed E-state index contributed by atoms with van der Waals surface area (Å²) < 4.78 is 6.08. The van der Waals surface area contributed by atoms with E-state index in [4.69, 9.17) is 4.74 Å². The Kier molecular flexibility index (Phi) is 2.26. The average Bonchev–Trinajstić information content (AvgIpc) is 2.87. The molecule has 2 aliphatic rings. The molecule has 2 aliphatic heterocycles.